The molecule has 0 aliphatic carbocycles. The number of anilines is 2. The zero-order valence-corrected chi connectivity index (χ0v) is 11.4. The van der Waals surface area contributed by atoms with Gasteiger partial charge >= 0.3 is 0 Å². The van der Waals surface area contributed by atoms with Gasteiger partial charge in [0.25, 0.3) is 5.91 Å². The summed E-state index contributed by atoms with van der Waals surface area (Å²) in [6.07, 6.45) is 2.01. The van der Waals surface area contributed by atoms with Crippen molar-refractivity contribution in [1.29, 1.82) is 0 Å². The highest BCUT2D eigenvalue weighted by molar-refractivity contribution is 6.34. The molecule has 19 heavy (non-hydrogen) atoms. The first-order valence-electron chi connectivity index (χ1n) is 6.28. The highest BCUT2D eigenvalue weighted by Crippen LogP contribution is 2.29. The van der Waals surface area contributed by atoms with Crippen LogP contribution in [0.15, 0.2) is 12.1 Å². The average molecular weight is 284 g/mol. The Kier molecular flexibility index (Phi) is 4.50. The molecule has 0 bridgehead atoms. The molecule has 0 unspecified atom stereocenters. The lowest BCUT2D eigenvalue weighted by molar-refractivity contribution is 0.0699. The predicted molar refractivity (Wildman–Crippen MR) is 76.4 cm³/mol. The molecule has 0 atom stereocenters. The summed E-state index contributed by atoms with van der Waals surface area (Å²) in [7, 11) is 0. The molecular weight excluding hydrogens is 266 g/mol. The Morgan fingerprint density at radius 1 is 1.42 bits per heavy atom. The van der Waals surface area contributed by atoms with Gasteiger partial charge in [0.15, 0.2) is 0 Å². The van der Waals surface area contributed by atoms with Crippen LogP contribution in [0.4, 0.5) is 11.4 Å². The van der Waals surface area contributed by atoms with E-state index in [1.807, 2.05) is 0 Å². The number of nitrogen functional groups attached to an aromatic ring is 1. The van der Waals surface area contributed by atoms with E-state index in [1.54, 1.807) is 12.1 Å². The molecule has 1 aliphatic rings. The number of hydrogen-bond acceptors (Lipinski definition) is 4. The van der Waals surface area contributed by atoms with Crippen LogP contribution in [0, 0.1) is 5.92 Å². The highest BCUT2D eigenvalue weighted by Gasteiger charge is 2.17. The van der Waals surface area contributed by atoms with Crippen LogP contribution in [0.1, 0.15) is 23.2 Å². The number of halogens is 1. The third kappa shape index (κ3) is 3.52. The van der Waals surface area contributed by atoms with Gasteiger partial charge in [0.2, 0.25) is 0 Å². The number of amides is 1. The summed E-state index contributed by atoms with van der Waals surface area (Å²) >= 11 is 6.12. The number of hydrogen-bond donors (Lipinski definition) is 3. The van der Waals surface area contributed by atoms with Gasteiger partial charge in [-0.3, -0.25) is 4.79 Å². The second kappa shape index (κ2) is 6.12. The maximum atomic E-state index is 11.4. The molecule has 1 amide bonds. The molecule has 0 spiro atoms. The Morgan fingerprint density at radius 2 is 2.11 bits per heavy atom. The summed E-state index contributed by atoms with van der Waals surface area (Å²) in [5.41, 5.74) is 12.3. The van der Waals surface area contributed by atoms with Crippen molar-refractivity contribution in [2.45, 2.75) is 12.8 Å². The second-order valence-corrected chi connectivity index (χ2v) is 5.13. The number of ether oxygens (including phenoxy) is 1. The lowest BCUT2D eigenvalue weighted by Crippen LogP contribution is -2.24. The number of benzene rings is 1. The van der Waals surface area contributed by atoms with Gasteiger partial charge in [0.1, 0.15) is 0 Å². The summed E-state index contributed by atoms with van der Waals surface area (Å²) in [5, 5.41) is 3.63. The third-order valence-electron chi connectivity index (χ3n) is 3.29. The molecule has 1 aromatic rings. The molecule has 1 aromatic carbocycles. The van der Waals surface area contributed by atoms with Crippen LogP contribution >= 0.6 is 11.6 Å². The fraction of sp³-hybridized carbons (Fsp3) is 0.462. The Bertz CT molecular complexity index is 473. The molecule has 0 saturated carbocycles. The van der Waals surface area contributed by atoms with Crippen LogP contribution < -0.4 is 16.8 Å². The monoisotopic (exact) mass is 283 g/mol. The Balaban J connectivity index is 2.12. The molecule has 5 N–H and O–H groups in total. The predicted octanol–water partition coefficient (Wildman–Crippen LogP) is 1.86. The van der Waals surface area contributed by atoms with Gasteiger partial charge in [-0.15, -0.1) is 0 Å². The van der Waals surface area contributed by atoms with E-state index < -0.39 is 5.91 Å². The van der Waals surface area contributed by atoms with Gasteiger partial charge in [-0.25, -0.2) is 0 Å². The first-order valence-corrected chi connectivity index (χ1v) is 6.66. The average Bonchev–Trinajstić information content (AvgIpc) is 2.38. The lowest BCUT2D eigenvalue weighted by Gasteiger charge is -2.23. The SMILES string of the molecule is NC(=O)c1cc(N)cc(Cl)c1NCC1CCOCC1. The number of nitrogens with one attached hydrogen (secondary N) is 1. The zero-order valence-electron chi connectivity index (χ0n) is 10.6. The largest absolute Gasteiger partial charge is 0.399 e. The lowest BCUT2D eigenvalue weighted by atomic mass is 10.00. The Morgan fingerprint density at radius 3 is 2.74 bits per heavy atom. The molecule has 0 aromatic heterocycles. The molecular formula is C13H18ClN3O2. The minimum Gasteiger partial charge on any atom is -0.399 e. The molecule has 1 aliphatic heterocycles. The van der Waals surface area contributed by atoms with Gasteiger partial charge in [0, 0.05) is 25.4 Å². The fourth-order valence-corrected chi connectivity index (χ4v) is 2.49. The van der Waals surface area contributed by atoms with E-state index in [0.29, 0.717) is 27.9 Å². The summed E-state index contributed by atoms with van der Waals surface area (Å²) < 4.78 is 5.31. The second-order valence-electron chi connectivity index (χ2n) is 4.73. The standard InChI is InChI=1S/C13H18ClN3O2/c14-11-6-9(15)5-10(13(16)18)12(11)17-7-8-1-3-19-4-2-8/h5-6,8,17H,1-4,7,15H2,(H2,16,18). The van der Waals surface area contributed by atoms with Crippen LogP contribution in [-0.2, 0) is 4.74 Å². The van der Waals surface area contributed by atoms with Crippen molar-refractivity contribution < 1.29 is 9.53 Å². The minimum atomic E-state index is -0.538. The topological polar surface area (TPSA) is 90.4 Å². The van der Waals surface area contributed by atoms with Gasteiger partial charge < -0.3 is 21.5 Å². The molecule has 1 saturated heterocycles. The van der Waals surface area contributed by atoms with Crippen molar-refractivity contribution in [3.05, 3.63) is 22.7 Å². The van der Waals surface area contributed by atoms with Crippen molar-refractivity contribution >= 4 is 28.9 Å². The Labute approximate surface area is 117 Å². The van der Waals surface area contributed by atoms with Gasteiger partial charge in [-0.05, 0) is 30.9 Å². The molecule has 5 nitrogen and oxygen atoms in total. The molecule has 0 radical (unpaired) electrons. The maximum Gasteiger partial charge on any atom is 0.250 e. The van der Waals surface area contributed by atoms with Crippen LogP contribution in [0.25, 0.3) is 0 Å². The van der Waals surface area contributed by atoms with Crippen molar-refractivity contribution in [2.24, 2.45) is 11.7 Å². The van der Waals surface area contributed by atoms with Gasteiger partial charge in [-0.1, -0.05) is 11.6 Å². The van der Waals surface area contributed by atoms with Crippen molar-refractivity contribution in [3.8, 4) is 0 Å². The van der Waals surface area contributed by atoms with E-state index in [1.165, 1.54) is 0 Å². The maximum absolute atomic E-state index is 11.4. The van der Waals surface area contributed by atoms with Crippen LogP contribution in [0.3, 0.4) is 0 Å². The summed E-state index contributed by atoms with van der Waals surface area (Å²) in [6, 6.07) is 3.15. The van der Waals surface area contributed by atoms with Crippen molar-refractivity contribution in [1.82, 2.24) is 0 Å². The van der Waals surface area contributed by atoms with E-state index >= 15 is 0 Å². The summed E-state index contributed by atoms with van der Waals surface area (Å²) in [5.74, 6) is -0.0215. The van der Waals surface area contributed by atoms with E-state index in [-0.39, 0.29) is 0 Å². The van der Waals surface area contributed by atoms with E-state index in [2.05, 4.69) is 5.32 Å². The van der Waals surface area contributed by atoms with Crippen LogP contribution in [0.5, 0.6) is 0 Å². The number of carbonyl (C=O) groups excluding carboxylic acids is 1. The minimum absolute atomic E-state index is 0.331. The molecule has 1 heterocycles. The van der Waals surface area contributed by atoms with E-state index in [0.717, 1.165) is 32.6 Å². The normalized spacial score (nSPS) is 16.3. The molecule has 6 heteroatoms. The van der Waals surface area contributed by atoms with Crippen molar-refractivity contribution in [2.75, 3.05) is 30.8 Å². The quantitative estimate of drug-likeness (QED) is 0.736. The fourth-order valence-electron chi connectivity index (χ4n) is 2.20. The summed E-state index contributed by atoms with van der Waals surface area (Å²) in [6.45, 7) is 2.31. The molecule has 1 fully saturated rings. The van der Waals surface area contributed by atoms with Crippen LogP contribution in [0.2, 0.25) is 5.02 Å². The van der Waals surface area contributed by atoms with Gasteiger partial charge in [0.05, 0.1) is 16.3 Å². The van der Waals surface area contributed by atoms with Crippen molar-refractivity contribution in [3.63, 3.8) is 0 Å². The van der Waals surface area contributed by atoms with Crippen LogP contribution in [-0.4, -0.2) is 25.7 Å². The first-order chi connectivity index (χ1) is 9.08. The highest BCUT2D eigenvalue weighted by atomic mass is 35.5. The number of carbonyl (C=O) groups is 1. The number of rotatable bonds is 4. The third-order valence-corrected chi connectivity index (χ3v) is 3.58. The zero-order chi connectivity index (χ0) is 13.8. The summed E-state index contributed by atoms with van der Waals surface area (Å²) in [4.78, 5) is 11.4. The van der Waals surface area contributed by atoms with E-state index in [9.17, 15) is 4.79 Å². The first kappa shape index (κ1) is 14.0. The molecule has 104 valence electrons. The number of primary amides is 1. The number of nitrogens with two attached hydrogens (primary N) is 2. The Hall–Kier alpha value is -1.46. The van der Waals surface area contributed by atoms with E-state index in [4.69, 9.17) is 27.8 Å². The van der Waals surface area contributed by atoms with Gasteiger partial charge in [-0.2, -0.15) is 0 Å². The smallest absolute Gasteiger partial charge is 0.250 e. The molecule has 2 rings (SSSR count).